The second-order valence-corrected chi connectivity index (χ2v) is 4.96. The molecule has 1 amide bonds. The predicted octanol–water partition coefficient (Wildman–Crippen LogP) is -0.962. The Kier molecular flexibility index (Phi) is 5.01. The van der Waals surface area contributed by atoms with Crippen molar-refractivity contribution in [3.05, 3.63) is 0 Å². The third-order valence-corrected chi connectivity index (χ3v) is 2.83. The lowest BCUT2D eigenvalue weighted by molar-refractivity contribution is -0.137. The first-order chi connectivity index (χ1) is 6.66. The molecule has 0 aromatic heterocycles. The number of amides is 1. The van der Waals surface area contributed by atoms with Crippen LogP contribution in [0.4, 0.5) is 13.2 Å². The van der Waals surface area contributed by atoms with Gasteiger partial charge in [0, 0.05) is 6.54 Å². The average Bonchev–Trinajstić information content (AvgIpc) is 1.98. The molecule has 9 heteroatoms. The molecule has 0 heterocycles. The second-order valence-electron chi connectivity index (χ2n) is 2.77. The van der Waals surface area contributed by atoms with Gasteiger partial charge >= 0.3 is 6.18 Å². The van der Waals surface area contributed by atoms with E-state index in [1.54, 1.807) is 0 Å². The summed E-state index contributed by atoms with van der Waals surface area (Å²) in [6.07, 6.45) is -4.55. The Hall–Kier alpha value is -0.830. The van der Waals surface area contributed by atoms with Gasteiger partial charge < -0.3 is 11.1 Å². The van der Waals surface area contributed by atoms with Crippen LogP contribution >= 0.6 is 0 Å². The van der Waals surface area contributed by atoms with Crippen molar-refractivity contribution in [3.8, 4) is 0 Å². The molecule has 15 heavy (non-hydrogen) atoms. The van der Waals surface area contributed by atoms with E-state index in [-0.39, 0.29) is 6.54 Å². The van der Waals surface area contributed by atoms with E-state index in [9.17, 15) is 26.4 Å². The van der Waals surface area contributed by atoms with E-state index >= 15 is 0 Å². The van der Waals surface area contributed by atoms with Crippen LogP contribution in [0.3, 0.4) is 0 Å². The molecule has 0 spiro atoms. The summed E-state index contributed by atoms with van der Waals surface area (Å²) in [5.41, 5.74) is 4.94. The van der Waals surface area contributed by atoms with Crippen LogP contribution in [0.25, 0.3) is 0 Å². The van der Waals surface area contributed by atoms with Crippen molar-refractivity contribution in [1.82, 2.24) is 5.32 Å². The van der Waals surface area contributed by atoms with E-state index in [0.29, 0.717) is 0 Å². The van der Waals surface area contributed by atoms with Crippen molar-refractivity contribution >= 4 is 15.7 Å². The first-order valence-corrected chi connectivity index (χ1v) is 5.72. The number of carbonyl (C=O) groups is 1. The van der Waals surface area contributed by atoms with E-state index < -0.39 is 40.0 Å². The lowest BCUT2D eigenvalue weighted by Crippen LogP contribution is -2.38. The highest BCUT2D eigenvalue weighted by Crippen LogP contribution is 2.11. The van der Waals surface area contributed by atoms with Crippen molar-refractivity contribution < 1.29 is 26.4 Å². The number of carbonyl (C=O) groups excluding carboxylic acids is 1. The summed E-state index contributed by atoms with van der Waals surface area (Å²) in [6, 6.07) is 0. The van der Waals surface area contributed by atoms with E-state index in [0.717, 1.165) is 0 Å². The molecule has 5 nitrogen and oxygen atoms in total. The second kappa shape index (κ2) is 5.31. The van der Waals surface area contributed by atoms with E-state index in [1.807, 2.05) is 0 Å². The van der Waals surface area contributed by atoms with Gasteiger partial charge in [0.2, 0.25) is 5.91 Å². The Morgan fingerprint density at radius 1 is 1.33 bits per heavy atom. The fourth-order valence-electron chi connectivity index (χ4n) is 0.701. The largest absolute Gasteiger partial charge is 0.405 e. The standard InChI is InChI=1S/C6H11F3N2O3S/c7-6(8,9)4-11-5(12)3-15(13,14)2-1-10/h1-4,10H2,(H,11,12). The summed E-state index contributed by atoms with van der Waals surface area (Å²) in [6.45, 7) is -1.71. The molecular formula is C6H11F3N2O3S. The van der Waals surface area contributed by atoms with Crippen LogP contribution in [0.5, 0.6) is 0 Å². The molecule has 0 saturated carbocycles. The maximum atomic E-state index is 11.6. The molecule has 0 aliphatic carbocycles. The molecule has 0 rings (SSSR count). The molecule has 0 saturated heterocycles. The third kappa shape index (κ3) is 8.18. The SMILES string of the molecule is NCCS(=O)(=O)CC(=O)NCC(F)(F)F. The van der Waals surface area contributed by atoms with Gasteiger partial charge in [0.05, 0.1) is 5.75 Å². The number of hydrogen-bond donors (Lipinski definition) is 2. The van der Waals surface area contributed by atoms with Gasteiger partial charge in [-0.15, -0.1) is 0 Å². The molecule has 0 aliphatic heterocycles. The maximum absolute atomic E-state index is 11.6. The number of rotatable bonds is 5. The van der Waals surface area contributed by atoms with Crippen LogP contribution in [0.1, 0.15) is 0 Å². The minimum atomic E-state index is -4.55. The number of hydrogen-bond acceptors (Lipinski definition) is 4. The molecule has 0 aromatic rings. The molecule has 0 aliphatic rings. The Balaban J connectivity index is 4.05. The molecule has 3 N–H and O–H groups in total. The molecular weight excluding hydrogens is 237 g/mol. The number of halogens is 3. The maximum Gasteiger partial charge on any atom is 0.405 e. The third-order valence-electron chi connectivity index (χ3n) is 1.27. The lowest BCUT2D eigenvalue weighted by Gasteiger charge is -2.08. The van der Waals surface area contributed by atoms with Gasteiger partial charge in [0.1, 0.15) is 12.3 Å². The van der Waals surface area contributed by atoms with Crippen LogP contribution in [-0.4, -0.2) is 45.1 Å². The van der Waals surface area contributed by atoms with E-state index in [2.05, 4.69) is 0 Å². The van der Waals surface area contributed by atoms with Gasteiger partial charge in [0.15, 0.2) is 9.84 Å². The van der Waals surface area contributed by atoms with Gasteiger partial charge in [-0.1, -0.05) is 0 Å². The summed E-state index contributed by atoms with van der Waals surface area (Å²) in [5, 5.41) is 1.45. The highest BCUT2D eigenvalue weighted by Gasteiger charge is 2.28. The normalized spacial score (nSPS) is 12.5. The summed E-state index contributed by atoms with van der Waals surface area (Å²) < 4.78 is 56.7. The van der Waals surface area contributed by atoms with E-state index in [1.165, 1.54) is 5.32 Å². The van der Waals surface area contributed by atoms with Crippen molar-refractivity contribution in [2.75, 3.05) is 24.6 Å². The molecule has 0 atom stereocenters. The lowest BCUT2D eigenvalue weighted by atomic mass is 10.6. The number of alkyl halides is 3. The monoisotopic (exact) mass is 248 g/mol. The molecule has 0 radical (unpaired) electrons. The number of sulfone groups is 1. The predicted molar refractivity (Wildman–Crippen MR) is 46.8 cm³/mol. The van der Waals surface area contributed by atoms with Crippen LogP contribution < -0.4 is 11.1 Å². The van der Waals surface area contributed by atoms with Gasteiger partial charge in [-0.05, 0) is 0 Å². The summed E-state index contributed by atoms with van der Waals surface area (Å²) in [7, 11) is -3.70. The first kappa shape index (κ1) is 14.2. The van der Waals surface area contributed by atoms with Crippen molar-refractivity contribution in [2.24, 2.45) is 5.73 Å². The Morgan fingerprint density at radius 2 is 1.87 bits per heavy atom. The van der Waals surface area contributed by atoms with Crippen molar-refractivity contribution in [2.45, 2.75) is 6.18 Å². The van der Waals surface area contributed by atoms with Gasteiger partial charge in [-0.3, -0.25) is 4.79 Å². The Labute approximate surface area is 84.7 Å². The molecule has 0 aromatic carbocycles. The van der Waals surface area contributed by atoms with Crippen molar-refractivity contribution in [1.29, 1.82) is 0 Å². The molecule has 0 unspecified atom stereocenters. The Morgan fingerprint density at radius 3 is 2.27 bits per heavy atom. The average molecular weight is 248 g/mol. The Bertz CT molecular complexity index is 312. The quantitative estimate of drug-likeness (QED) is 0.655. The zero-order valence-corrected chi connectivity index (χ0v) is 8.49. The first-order valence-electron chi connectivity index (χ1n) is 3.90. The summed E-state index contributed by atoms with van der Waals surface area (Å²) in [5.74, 6) is -2.58. The van der Waals surface area contributed by atoms with Crippen LogP contribution in [-0.2, 0) is 14.6 Å². The zero-order chi connectivity index (χ0) is 12.1. The van der Waals surface area contributed by atoms with Crippen LogP contribution in [0.15, 0.2) is 0 Å². The fourth-order valence-corrected chi connectivity index (χ4v) is 1.71. The smallest absolute Gasteiger partial charge is 0.346 e. The fraction of sp³-hybridized carbons (Fsp3) is 0.833. The van der Waals surface area contributed by atoms with Crippen LogP contribution in [0.2, 0.25) is 0 Å². The zero-order valence-electron chi connectivity index (χ0n) is 7.67. The minimum Gasteiger partial charge on any atom is -0.346 e. The number of nitrogens with one attached hydrogen (secondary N) is 1. The number of nitrogens with two attached hydrogens (primary N) is 1. The summed E-state index contributed by atoms with van der Waals surface area (Å²) in [4.78, 5) is 10.7. The van der Waals surface area contributed by atoms with Gasteiger partial charge in [-0.25, -0.2) is 8.42 Å². The summed E-state index contributed by atoms with van der Waals surface area (Å²) >= 11 is 0. The molecule has 0 fully saturated rings. The molecule has 90 valence electrons. The van der Waals surface area contributed by atoms with Gasteiger partial charge in [-0.2, -0.15) is 13.2 Å². The topological polar surface area (TPSA) is 89.3 Å². The minimum absolute atomic E-state index is 0.172. The van der Waals surface area contributed by atoms with E-state index in [4.69, 9.17) is 5.73 Å². The highest BCUT2D eigenvalue weighted by molar-refractivity contribution is 7.92. The molecule has 0 bridgehead atoms. The van der Waals surface area contributed by atoms with Gasteiger partial charge in [0.25, 0.3) is 0 Å². The van der Waals surface area contributed by atoms with Crippen molar-refractivity contribution in [3.63, 3.8) is 0 Å². The highest BCUT2D eigenvalue weighted by atomic mass is 32.2. The van der Waals surface area contributed by atoms with Crippen LogP contribution in [0, 0.1) is 0 Å².